The molecule has 3 rings (SSSR count). The summed E-state index contributed by atoms with van der Waals surface area (Å²) in [7, 11) is 1.25. The summed E-state index contributed by atoms with van der Waals surface area (Å²) in [5.41, 5.74) is -1.99. The summed E-state index contributed by atoms with van der Waals surface area (Å²) in [6, 6.07) is 7.10. The fraction of sp³-hybridized carbons (Fsp3) is 0.182. The second-order valence-electron chi connectivity index (χ2n) is 6.93. The monoisotopic (exact) mass is 528 g/mol. The van der Waals surface area contributed by atoms with E-state index in [0.717, 1.165) is 11.3 Å². The van der Waals surface area contributed by atoms with Gasteiger partial charge in [0.2, 0.25) is 5.13 Å². The minimum atomic E-state index is -5.04. The number of carbonyl (C=O) groups is 1. The summed E-state index contributed by atoms with van der Waals surface area (Å²) in [5, 5.41) is 19.1. The average molecular weight is 528 g/mol. The number of methoxy groups -OCH3 is 1. The van der Waals surface area contributed by atoms with Crippen molar-refractivity contribution in [1.29, 1.82) is 5.26 Å². The predicted molar refractivity (Wildman–Crippen MR) is 116 cm³/mol. The normalized spacial score (nSPS) is 12.1. The maximum atomic E-state index is 13.4. The fourth-order valence-corrected chi connectivity index (χ4v) is 3.34. The van der Waals surface area contributed by atoms with E-state index in [9.17, 15) is 36.4 Å². The Morgan fingerprint density at radius 2 is 1.86 bits per heavy atom. The van der Waals surface area contributed by atoms with E-state index in [0.29, 0.717) is 17.7 Å². The Bertz CT molecular complexity index is 1310. The minimum absolute atomic E-state index is 0.0144. The Labute approximate surface area is 203 Å². The van der Waals surface area contributed by atoms with Crippen LogP contribution >= 0.6 is 11.3 Å². The zero-order valence-corrected chi connectivity index (χ0v) is 18.9. The molecule has 1 amide bonds. The van der Waals surface area contributed by atoms with Crippen molar-refractivity contribution in [1.82, 2.24) is 10.2 Å². The van der Waals surface area contributed by atoms with E-state index < -0.39 is 41.6 Å². The summed E-state index contributed by atoms with van der Waals surface area (Å²) < 4.78 is 89.2. The quantitative estimate of drug-likeness (QED) is 0.240. The highest BCUT2D eigenvalue weighted by Gasteiger charge is 2.38. The molecule has 0 aliphatic heterocycles. The van der Waals surface area contributed by atoms with Crippen molar-refractivity contribution in [2.24, 2.45) is 0 Å². The van der Waals surface area contributed by atoms with Gasteiger partial charge in [0.25, 0.3) is 5.91 Å². The molecule has 0 unspecified atom stereocenters. The van der Waals surface area contributed by atoms with Crippen molar-refractivity contribution < 1.29 is 40.6 Å². The molecule has 14 heteroatoms. The number of nitrogens with one attached hydrogen (secondary N) is 1. The van der Waals surface area contributed by atoms with E-state index in [2.05, 4.69) is 15.5 Å². The molecule has 0 atom stereocenters. The number of ether oxygens (including phenoxy) is 2. The molecule has 1 aromatic heterocycles. The predicted octanol–water partition coefficient (Wildman–Crippen LogP) is 5.71. The topological polar surface area (TPSA) is 97.1 Å². The van der Waals surface area contributed by atoms with Crippen LogP contribution < -0.4 is 14.8 Å². The van der Waals surface area contributed by atoms with Crippen molar-refractivity contribution in [3.8, 4) is 17.6 Å². The number of benzene rings is 2. The lowest BCUT2D eigenvalue weighted by molar-refractivity contribution is -0.143. The summed E-state index contributed by atoms with van der Waals surface area (Å²) in [4.78, 5) is 12.2. The number of alkyl halides is 6. The van der Waals surface area contributed by atoms with Gasteiger partial charge in [-0.15, -0.1) is 10.2 Å². The molecule has 0 spiro atoms. The Morgan fingerprint density at radius 1 is 1.11 bits per heavy atom. The van der Waals surface area contributed by atoms with Crippen LogP contribution in [0.1, 0.15) is 22.3 Å². The van der Waals surface area contributed by atoms with Crippen LogP contribution in [0.3, 0.4) is 0 Å². The molecule has 7 nitrogen and oxygen atoms in total. The fourth-order valence-electron chi connectivity index (χ4n) is 2.90. The first-order chi connectivity index (χ1) is 16.9. The first-order valence-electron chi connectivity index (χ1n) is 9.70. The van der Waals surface area contributed by atoms with Gasteiger partial charge in [0.15, 0.2) is 11.5 Å². The summed E-state index contributed by atoms with van der Waals surface area (Å²) in [6.45, 7) is -0.702. The number of rotatable bonds is 7. The van der Waals surface area contributed by atoms with Crippen molar-refractivity contribution in [2.45, 2.75) is 19.0 Å². The van der Waals surface area contributed by atoms with Gasteiger partial charge in [0.05, 0.1) is 18.2 Å². The molecule has 0 aliphatic carbocycles. The Morgan fingerprint density at radius 3 is 2.44 bits per heavy atom. The number of nitrogens with zero attached hydrogens (tertiary/aromatic N) is 3. The second-order valence-corrected chi connectivity index (χ2v) is 7.77. The molecule has 3 aromatic rings. The first-order valence-corrected chi connectivity index (χ1v) is 10.6. The van der Waals surface area contributed by atoms with Crippen molar-refractivity contribution >= 4 is 28.5 Å². The largest absolute Gasteiger partial charge is 0.493 e. The van der Waals surface area contributed by atoms with Gasteiger partial charge >= 0.3 is 12.4 Å². The van der Waals surface area contributed by atoms with Crippen LogP contribution in [0.5, 0.6) is 11.5 Å². The highest BCUT2D eigenvalue weighted by atomic mass is 32.1. The van der Waals surface area contributed by atoms with E-state index in [-0.39, 0.29) is 28.3 Å². The van der Waals surface area contributed by atoms with Gasteiger partial charge in [-0.2, -0.15) is 31.6 Å². The third-order valence-electron chi connectivity index (χ3n) is 4.57. The molecular weight excluding hydrogens is 514 g/mol. The first kappa shape index (κ1) is 26.5. The van der Waals surface area contributed by atoms with Gasteiger partial charge in [-0.3, -0.25) is 10.1 Å². The van der Waals surface area contributed by atoms with Gasteiger partial charge in [-0.25, -0.2) is 0 Å². The molecule has 188 valence electrons. The van der Waals surface area contributed by atoms with Crippen LogP contribution in [0.4, 0.5) is 31.5 Å². The average Bonchev–Trinajstić information content (AvgIpc) is 3.33. The highest BCUT2D eigenvalue weighted by Crippen LogP contribution is 2.38. The lowest BCUT2D eigenvalue weighted by Crippen LogP contribution is -2.14. The third kappa shape index (κ3) is 6.51. The number of nitriles is 1. The van der Waals surface area contributed by atoms with E-state index in [4.69, 9.17) is 9.47 Å². The maximum absolute atomic E-state index is 13.4. The zero-order valence-electron chi connectivity index (χ0n) is 18.1. The summed E-state index contributed by atoms with van der Waals surface area (Å²) in [5.74, 6) is -0.707. The zero-order chi connectivity index (χ0) is 26.5. The maximum Gasteiger partial charge on any atom is 0.416 e. The molecule has 0 radical (unpaired) electrons. The molecule has 0 saturated heterocycles. The summed E-state index contributed by atoms with van der Waals surface area (Å²) >= 11 is 1.05. The van der Waals surface area contributed by atoms with E-state index in [1.807, 2.05) is 0 Å². The SMILES string of the molecule is COc1cc(C=C(C#N)C(=O)Nc2nncs2)ccc1OCc1ccc(C(F)(F)F)cc1C(F)(F)F. The second kappa shape index (κ2) is 10.6. The van der Waals surface area contributed by atoms with Crippen molar-refractivity contribution in [3.63, 3.8) is 0 Å². The van der Waals surface area contributed by atoms with Gasteiger partial charge in [-0.05, 0) is 35.9 Å². The number of carbonyl (C=O) groups excluding carboxylic acids is 1. The molecule has 36 heavy (non-hydrogen) atoms. The Hall–Kier alpha value is -4.12. The molecule has 0 aliphatic rings. The molecule has 2 aromatic carbocycles. The van der Waals surface area contributed by atoms with Crippen molar-refractivity contribution in [2.75, 3.05) is 12.4 Å². The molecular formula is C22H14F6N4O3S. The van der Waals surface area contributed by atoms with E-state index in [1.54, 1.807) is 6.07 Å². The summed E-state index contributed by atoms with van der Waals surface area (Å²) in [6.07, 6.45) is -8.75. The standard InChI is InChI=1S/C22H14F6N4O3S/c1-34-18-7-12(6-14(9-29)19(33)31-20-32-30-11-36-20)2-5-17(18)35-10-13-3-4-15(21(23,24)25)8-16(13)22(26,27)28/h2-8,11H,10H2,1H3,(H,31,32,33). The van der Waals surface area contributed by atoms with Crippen LogP contribution in [-0.4, -0.2) is 23.2 Å². The van der Waals surface area contributed by atoms with Gasteiger partial charge < -0.3 is 9.47 Å². The van der Waals surface area contributed by atoms with E-state index in [1.165, 1.54) is 36.9 Å². The number of halogens is 6. The number of amides is 1. The number of hydrogen-bond donors (Lipinski definition) is 1. The highest BCUT2D eigenvalue weighted by molar-refractivity contribution is 7.13. The molecule has 1 heterocycles. The van der Waals surface area contributed by atoms with Crippen LogP contribution in [-0.2, 0) is 23.8 Å². The van der Waals surface area contributed by atoms with Gasteiger partial charge in [0, 0.05) is 5.56 Å². The lowest BCUT2D eigenvalue weighted by atomic mass is 10.0. The lowest BCUT2D eigenvalue weighted by Gasteiger charge is -2.17. The number of aromatic nitrogens is 2. The van der Waals surface area contributed by atoms with E-state index >= 15 is 0 Å². The van der Waals surface area contributed by atoms with Crippen LogP contribution in [0.2, 0.25) is 0 Å². The number of hydrogen-bond acceptors (Lipinski definition) is 7. The van der Waals surface area contributed by atoms with Crippen molar-refractivity contribution in [3.05, 3.63) is 69.7 Å². The smallest absolute Gasteiger partial charge is 0.416 e. The van der Waals surface area contributed by atoms with Crippen LogP contribution in [0, 0.1) is 11.3 Å². The molecule has 0 bridgehead atoms. The third-order valence-corrected chi connectivity index (χ3v) is 5.18. The van der Waals surface area contributed by atoms with Crippen LogP contribution in [0.15, 0.2) is 47.5 Å². The Kier molecular flexibility index (Phi) is 7.83. The van der Waals surface area contributed by atoms with Crippen LogP contribution in [0.25, 0.3) is 6.08 Å². The molecule has 0 saturated carbocycles. The molecule has 0 fully saturated rings. The minimum Gasteiger partial charge on any atom is -0.493 e. The van der Waals surface area contributed by atoms with Gasteiger partial charge in [-0.1, -0.05) is 23.5 Å². The Balaban J connectivity index is 1.82. The molecule has 1 N–H and O–H groups in total. The number of anilines is 1. The van der Waals surface area contributed by atoms with Gasteiger partial charge in [0.1, 0.15) is 23.8 Å².